The fraction of sp³-hybridized carbons (Fsp3) is 0.571. The molecule has 17 heavy (non-hydrogen) atoms. The first-order valence-electron chi connectivity index (χ1n) is 6.32. The van der Waals surface area contributed by atoms with E-state index in [1.165, 1.54) is 0 Å². The van der Waals surface area contributed by atoms with Crippen LogP contribution in [0.25, 0.3) is 0 Å². The summed E-state index contributed by atoms with van der Waals surface area (Å²) in [6, 6.07) is 8.53. The average molecular weight is 235 g/mol. The van der Waals surface area contributed by atoms with Crippen molar-refractivity contribution in [1.29, 1.82) is 0 Å². The number of anilines is 1. The minimum atomic E-state index is 0.416. The Kier molecular flexibility index (Phi) is 4.26. The molecule has 1 saturated heterocycles. The Morgan fingerprint density at radius 1 is 1.41 bits per heavy atom. The Bertz CT molecular complexity index is 346. The molecule has 94 valence electrons. The third-order valence-electron chi connectivity index (χ3n) is 2.75. The molecule has 0 aromatic heterocycles. The second kappa shape index (κ2) is 5.92. The van der Waals surface area contributed by atoms with E-state index in [1.54, 1.807) is 0 Å². The predicted molar refractivity (Wildman–Crippen MR) is 69.6 cm³/mol. The van der Waals surface area contributed by atoms with Gasteiger partial charge in [-0.25, -0.2) is 0 Å². The van der Waals surface area contributed by atoms with Gasteiger partial charge in [0.25, 0.3) is 0 Å². The highest BCUT2D eigenvalue weighted by Crippen LogP contribution is 2.26. The van der Waals surface area contributed by atoms with E-state index in [0.717, 1.165) is 37.7 Å². The van der Waals surface area contributed by atoms with Crippen molar-refractivity contribution >= 4 is 5.69 Å². The normalized spacial score (nSPS) is 19.6. The Hall–Kier alpha value is -1.22. The lowest BCUT2D eigenvalue weighted by Gasteiger charge is -2.17. The lowest BCUT2D eigenvalue weighted by Crippen LogP contribution is -2.19. The lowest BCUT2D eigenvalue weighted by atomic mass is 10.2. The van der Waals surface area contributed by atoms with Crippen LogP contribution in [0, 0.1) is 5.92 Å². The molecule has 1 aromatic carbocycles. The molecule has 1 aliphatic rings. The van der Waals surface area contributed by atoms with Crippen LogP contribution in [0.1, 0.15) is 20.3 Å². The predicted octanol–water partition coefficient (Wildman–Crippen LogP) is 2.92. The molecule has 3 heteroatoms. The molecule has 0 aliphatic carbocycles. The molecule has 0 bridgehead atoms. The molecule has 1 aromatic rings. The van der Waals surface area contributed by atoms with E-state index in [2.05, 4.69) is 25.2 Å². The van der Waals surface area contributed by atoms with Gasteiger partial charge in [-0.3, -0.25) is 0 Å². The highest BCUT2D eigenvalue weighted by molar-refractivity contribution is 5.56. The quantitative estimate of drug-likeness (QED) is 0.851. The van der Waals surface area contributed by atoms with Gasteiger partial charge in [0.15, 0.2) is 0 Å². The molecule has 1 heterocycles. The highest BCUT2D eigenvalue weighted by Gasteiger charge is 2.16. The molecule has 1 atom stereocenters. The number of hydrogen-bond acceptors (Lipinski definition) is 3. The first-order chi connectivity index (χ1) is 8.25. The lowest BCUT2D eigenvalue weighted by molar-refractivity contribution is 0.195. The standard InChI is InChI=1S/C14H21NO2/c1-11(2)9-17-14-6-4-3-5-13(14)15-12-7-8-16-10-12/h3-6,11-12,15H,7-10H2,1-2H3. The van der Waals surface area contributed by atoms with E-state index >= 15 is 0 Å². The number of benzene rings is 1. The van der Waals surface area contributed by atoms with E-state index < -0.39 is 0 Å². The van der Waals surface area contributed by atoms with Crippen LogP contribution in [0.4, 0.5) is 5.69 Å². The highest BCUT2D eigenvalue weighted by atomic mass is 16.5. The first kappa shape index (κ1) is 12.2. The molecule has 0 spiro atoms. The second-order valence-corrected chi connectivity index (χ2v) is 4.91. The zero-order valence-corrected chi connectivity index (χ0v) is 10.6. The smallest absolute Gasteiger partial charge is 0.142 e. The minimum absolute atomic E-state index is 0.416. The number of rotatable bonds is 5. The molecule has 0 amide bonds. The summed E-state index contributed by atoms with van der Waals surface area (Å²) in [5.74, 6) is 1.48. The third kappa shape index (κ3) is 3.63. The van der Waals surface area contributed by atoms with Crippen molar-refractivity contribution in [3.63, 3.8) is 0 Å². The SMILES string of the molecule is CC(C)COc1ccccc1NC1CCOC1. The van der Waals surface area contributed by atoms with Crippen LogP contribution in [0.15, 0.2) is 24.3 Å². The van der Waals surface area contributed by atoms with Gasteiger partial charge in [-0.1, -0.05) is 26.0 Å². The molecule has 1 aliphatic heterocycles. The summed E-state index contributed by atoms with van der Waals surface area (Å²) in [4.78, 5) is 0. The summed E-state index contributed by atoms with van der Waals surface area (Å²) in [7, 11) is 0. The number of hydrogen-bond donors (Lipinski definition) is 1. The van der Waals surface area contributed by atoms with Crippen LogP contribution in [0.3, 0.4) is 0 Å². The van der Waals surface area contributed by atoms with Crippen molar-refractivity contribution in [1.82, 2.24) is 0 Å². The van der Waals surface area contributed by atoms with Crippen LogP contribution < -0.4 is 10.1 Å². The van der Waals surface area contributed by atoms with E-state index in [0.29, 0.717) is 12.0 Å². The molecule has 1 unspecified atom stereocenters. The summed E-state index contributed by atoms with van der Waals surface area (Å²) in [6.45, 7) is 6.70. The molecule has 0 saturated carbocycles. The van der Waals surface area contributed by atoms with Gasteiger partial charge < -0.3 is 14.8 Å². The van der Waals surface area contributed by atoms with Gasteiger partial charge in [-0.15, -0.1) is 0 Å². The Balaban J connectivity index is 1.99. The fourth-order valence-corrected chi connectivity index (χ4v) is 1.84. The van der Waals surface area contributed by atoms with Gasteiger partial charge in [-0.05, 0) is 24.5 Å². The van der Waals surface area contributed by atoms with Crippen molar-refractivity contribution in [3.8, 4) is 5.75 Å². The van der Waals surface area contributed by atoms with E-state index in [1.807, 2.05) is 18.2 Å². The van der Waals surface area contributed by atoms with Crippen molar-refractivity contribution < 1.29 is 9.47 Å². The van der Waals surface area contributed by atoms with Crippen LogP contribution in [-0.2, 0) is 4.74 Å². The molecule has 3 nitrogen and oxygen atoms in total. The Morgan fingerprint density at radius 3 is 2.94 bits per heavy atom. The summed E-state index contributed by atoms with van der Waals surface area (Å²) < 4.78 is 11.2. The molecular formula is C14H21NO2. The maximum Gasteiger partial charge on any atom is 0.142 e. The van der Waals surface area contributed by atoms with Gasteiger partial charge >= 0.3 is 0 Å². The minimum Gasteiger partial charge on any atom is -0.491 e. The first-order valence-corrected chi connectivity index (χ1v) is 6.32. The topological polar surface area (TPSA) is 30.5 Å². The summed E-state index contributed by atoms with van der Waals surface area (Å²) in [5.41, 5.74) is 1.07. The monoisotopic (exact) mass is 235 g/mol. The van der Waals surface area contributed by atoms with Crippen molar-refractivity contribution in [2.24, 2.45) is 5.92 Å². The largest absolute Gasteiger partial charge is 0.491 e. The van der Waals surface area contributed by atoms with Crippen LogP contribution in [0.5, 0.6) is 5.75 Å². The maximum absolute atomic E-state index is 5.81. The number of para-hydroxylation sites is 2. The zero-order chi connectivity index (χ0) is 12.1. The van der Waals surface area contributed by atoms with Gasteiger partial charge in [0.1, 0.15) is 5.75 Å². The molecule has 2 rings (SSSR count). The fourth-order valence-electron chi connectivity index (χ4n) is 1.84. The zero-order valence-electron chi connectivity index (χ0n) is 10.6. The van der Waals surface area contributed by atoms with Gasteiger partial charge in [0.05, 0.1) is 24.9 Å². The van der Waals surface area contributed by atoms with Crippen molar-refractivity contribution in [3.05, 3.63) is 24.3 Å². The number of ether oxygens (including phenoxy) is 2. The van der Waals surface area contributed by atoms with Crippen LogP contribution >= 0.6 is 0 Å². The van der Waals surface area contributed by atoms with Crippen LogP contribution in [-0.4, -0.2) is 25.9 Å². The third-order valence-corrected chi connectivity index (χ3v) is 2.75. The summed E-state index contributed by atoms with van der Waals surface area (Å²) in [6.07, 6.45) is 1.07. The maximum atomic E-state index is 5.81. The van der Waals surface area contributed by atoms with Gasteiger partial charge in [-0.2, -0.15) is 0 Å². The van der Waals surface area contributed by atoms with Crippen molar-refractivity contribution in [2.75, 3.05) is 25.1 Å². The summed E-state index contributed by atoms with van der Waals surface area (Å²) >= 11 is 0. The molecule has 0 radical (unpaired) electrons. The molecular weight excluding hydrogens is 214 g/mol. The van der Waals surface area contributed by atoms with Crippen LogP contribution in [0.2, 0.25) is 0 Å². The van der Waals surface area contributed by atoms with E-state index in [4.69, 9.17) is 9.47 Å². The summed E-state index contributed by atoms with van der Waals surface area (Å²) in [5, 5.41) is 3.48. The second-order valence-electron chi connectivity index (χ2n) is 4.91. The Morgan fingerprint density at radius 2 is 2.24 bits per heavy atom. The number of nitrogens with one attached hydrogen (secondary N) is 1. The van der Waals surface area contributed by atoms with Crippen molar-refractivity contribution in [2.45, 2.75) is 26.3 Å². The van der Waals surface area contributed by atoms with Gasteiger partial charge in [0, 0.05) is 6.61 Å². The Labute approximate surface area is 103 Å². The van der Waals surface area contributed by atoms with E-state index in [-0.39, 0.29) is 0 Å². The van der Waals surface area contributed by atoms with E-state index in [9.17, 15) is 0 Å². The van der Waals surface area contributed by atoms with Gasteiger partial charge in [0.2, 0.25) is 0 Å². The average Bonchev–Trinajstić information content (AvgIpc) is 2.80. The molecule has 1 N–H and O–H groups in total. The molecule has 1 fully saturated rings.